The van der Waals surface area contributed by atoms with Crippen LogP contribution in [0.25, 0.3) is 0 Å². The van der Waals surface area contributed by atoms with Crippen molar-refractivity contribution in [3.63, 3.8) is 0 Å². The smallest absolute Gasteiger partial charge is 0.0121 e. The summed E-state index contributed by atoms with van der Waals surface area (Å²) in [7, 11) is 0. The van der Waals surface area contributed by atoms with Gasteiger partial charge in [-0.3, -0.25) is 0 Å². The molecule has 0 aliphatic heterocycles. The lowest BCUT2D eigenvalue weighted by molar-refractivity contribution is 0.489. The van der Waals surface area contributed by atoms with E-state index in [0.29, 0.717) is 0 Å². The van der Waals surface area contributed by atoms with Gasteiger partial charge in [0.15, 0.2) is 0 Å². The minimum absolute atomic E-state index is 0.247. The maximum atomic E-state index is 2.41. The number of hydrogen-bond acceptors (Lipinski definition) is 0. The average Bonchev–Trinajstić information content (AvgIpc) is 2.57. The minimum Gasteiger partial charge on any atom is -0.0723 e. The fraction of sp³-hybridized carbons (Fsp3) is 0.529. The van der Waals surface area contributed by atoms with E-state index in [9.17, 15) is 0 Å². The van der Waals surface area contributed by atoms with Crippen LogP contribution < -0.4 is 0 Å². The molecule has 2 aliphatic carbocycles. The molecule has 0 fully saturated rings. The highest BCUT2D eigenvalue weighted by Gasteiger charge is 2.28. The fourth-order valence-corrected chi connectivity index (χ4v) is 2.50. The molecule has 0 radical (unpaired) electrons. The third-order valence-corrected chi connectivity index (χ3v) is 3.66. The minimum atomic E-state index is 0.247. The van der Waals surface area contributed by atoms with Crippen LogP contribution in [0.5, 0.6) is 0 Å². The highest BCUT2D eigenvalue weighted by Crippen LogP contribution is 2.44. The first-order valence-corrected chi connectivity index (χ1v) is 6.54. The molecule has 0 heteroatoms. The molecule has 0 unspecified atom stereocenters. The van der Waals surface area contributed by atoms with Gasteiger partial charge in [0, 0.05) is 0 Å². The second-order valence-electron chi connectivity index (χ2n) is 7.19. The van der Waals surface area contributed by atoms with E-state index in [-0.39, 0.29) is 10.8 Å². The van der Waals surface area contributed by atoms with Crippen LogP contribution in [0.3, 0.4) is 0 Å². The van der Waals surface area contributed by atoms with E-state index in [2.05, 4.69) is 65.8 Å². The molecule has 0 amide bonds. The highest BCUT2D eigenvalue weighted by atomic mass is 14.3. The molecule has 0 bridgehead atoms. The Hall–Kier alpha value is -1.04. The standard InChI is InChI=1S/C17H24/c1-16(2,3)13-8-9-14-12(11-13)7-10-15(14)17(4,5)6/h7,9-11H,8H2,1-6H3. The summed E-state index contributed by atoms with van der Waals surface area (Å²) in [5.41, 5.74) is 6.43. The van der Waals surface area contributed by atoms with Crippen LogP contribution in [-0.4, -0.2) is 0 Å². The maximum Gasteiger partial charge on any atom is -0.0121 e. The van der Waals surface area contributed by atoms with E-state index in [1.165, 1.54) is 22.3 Å². The first-order valence-electron chi connectivity index (χ1n) is 6.54. The van der Waals surface area contributed by atoms with Crippen LogP contribution in [0, 0.1) is 10.8 Å². The van der Waals surface area contributed by atoms with Gasteiger partial charge in [0.05, 0.1) is 0 Å². The van der Waals surface area contributed by atoms with Crippen LogP contribution in [0.1, 0.15) is 48.0 Å². The van der Waals surface area contributed by atoms with Crippen molar-refractivity contribution >= 4 is 0 Å². The molecule has 0 aromatic heterocycles. The number of allylic oxidation sites excluding steroid dienone is 8. The van der Waals surface area contributed by atoms with Crippen molar-refractivity contribution < 1.29 is 0 Å². The largest absolute Gasteiger partial charge is 0.0723 e. The predicted molar refractivity (Wildman–Crippen MR) is 75.9 cm³/mol. The van der Waals surface area contributed by atoms with Gasteiger partial charge in [-0.05, 0) is 34.0 Å². The second kappa shape index (κ2) is 3.73. The van der Waals surface area contributed by atoms with Crippen molar-refractivity contribution in [2.45, 2.75) is 48.0 Å². The normalized spacial score (nSPS) is 20.4. The van der Waals surface area contributed by atoms with E-state index in [0.717, 1.165) is 6.42 Å². The first kappa shape index (κ1) is 12.4. The van der Waals surface area contributed by atoms with Crippen LogP contribution in [0.2, 0.25) is 0 Å². The van der Waals surface area contributed by atoms with Gasteiger partial charge in [0.2, 0.25) is 0 Å². The Kier molecular flexibility index (Phi) is 2.72. The molecule has 0 nitrogen and oxygen atoms in total. The molecule has 0 aromatic carbocycles. The Morgan fingerprint density at radius 2 is 1.53 bits per heavy atom. The summed E-state index contributed by atoms with van der Waals surface area (Å²) >= 11 is 0. The first-order chi connectivity index (χ1) is 7.69. The lowest BCUT2D eigenvalue weighted by Gasteiger charge is -2.29. The summed E-state index contributed by atoms with van der Waals surface area (Å²) in [6.45, 7) is 13.8. The van der Waals surface area contributed by atoms with Crippen molar-refractivity contribution in [3.8, 4) is 0 Å². The maximum absolute atomic E-state index is 2.41. The lowest BCUT2D eigenvalue weighted by Crippen LogP contribution is -2.15. The molecule has 0 spiro atoms. The zero-order valence-corrected chi connectivity index (χ0v) is 12.0. The van der Waals surface area contributed by atoms with E-state index in [1.54, 1.807) is 0 Å². The van der Waals surface area contributed by atoms with Crippen LogP contribution >= 0.6 is 0 Å². The van der Waals surface area contributed by atoms with Crippen molar-refractivity contribution in [2.24, 2.45) is 10.8 Å². The van der Waals surface area contributed by atoms with E-state index in [1.807, 2.05) is 0 Å². The topological polar surface area (TPSA) is 0 Å². The number of rotatable bonds is 0. The average molecular weight is 228 g/mol. The van der Waals surface area contributed by atoms with E-state index < -0.39 is 0 Å². The van der Waals surface area contributed by atoms with Crippen LogP contribution in [0.4, 0.5) is 0 Å². The molecular formula is C17H24. The van der Waals surface area contributed by atoms with Gasteiger partial charge in [-0.2, -0.15) is 0 Å². The van der Waals surface area contributed by atoms with Gasteiger partial charge < -0.3 is 0 Å². The van der Waals surface area contributed by atoms with E-state index >= 15 is 0 Å². The van der Waals surface area contributed by atoms with E-state index in [4.69, 9.17) is 0 Å². The summed E-state index contributed by atoms with van der Waals surface area (Å²) in [5, 5.41) is 0. The molecule has 2 rings (SSSR count). The fourth-order valence-electron chi connectivity index (χ4n) is 2.50. The Labute approximate surface area is 106 Å². The van der Waals surface area contributed by atoms with Crippen molar-refractivity contribution in [1.82, 2.24) is 0 Å². The molecule has 0 atom stereocenters. The second-order valence-corrected chi connectivity index (χ2v) is 7.19. The van der Waals surface area contributed by atoms with Gasteiger partial charge in [-0.15, -0.1) is 0 Å². The Morgan fingerprint density at radius 3 is 2.06 bits per heavy atom. The van der Waals surface area contributed by atoms with Crippen molar-refractivity contribution in [1.29, 1.82) is 0 Å². The molecule has 17 heavy (non-hydrogen) atoms. The van der Waals surface area contributed by atoms with Gasteiger partial charge >= 0.3 is 0 Å². The molecule has 0 saturated heterocycles. The summed E-state index contributed by atoms with van der Waals surface area (Å²) in [6, 6.07) is 0. The Balaban J connectivity index is 2.29. The molecule has 0 N–H and O–H groups in total. The van der Waals surface area contributed by atoms with Gasteiger partial charge in [-0.1, -0.05) is 71.4 Å². The molecule has 0 saturated carbocycles. The molecular weight excluding hydrogens is 204 g/mol. The Bertz CT molecular complexity index is 451. The third-order valence-electron chi connectivity index (χ3n) is 3.66. The summed E-state index contributed by atoms with van der Waals surface area (Å²) in [6.07, 6.45) is 10.5. The number of hydrogen-bond donors (Lipinski definition) is 0. The molecule has 92 valence electrons. The summed E-state index contributed by atoms with van der Waals surface area (Å²) in [4.78, 5) is 0. The molecule has 0 heterocycles. The van der Waals surface area contributed by atoms with Crippen molar-refractivity contribution in [3.05, 3.63) is 46.6 Å². The Morgan fingerprint density at radius 1 is 0.882 bits per heavy atom. The monoisotopic (exact) mass is 228 g/mol. The molecule has 0 aromatic rings. The van der Waals surface area contributed by atoms with Gasteiger partial charge in [-0.25, -0.2) is 0 Å². The zero-order valence-electron chi connectivity index (χ0n) is 12.0. The summed E-state index contributed by atoms with van der Waals surface area (Å²) < 4.78 is 0. The number of fused-ring (bicyclic) bond motifs is 1. The third kappa shape index (κ3) is 2.31. The van der Waals surface area contributed by atoms with Crippen molar-refractivity contribution in [2.75, 3.05) is 0 Å². The SMILES string of the molecule is CC(C)(C)C1=CC2=CC=C(C(C)(C)C)C2=CC1. The lowest BCUT2D eigenvalue weighted by atomic mass is 9.76. The zero-order chi connectivity index (χ0) is 12.8. The van der Waals surface area contributed by atoms with Crippen LogP contribution in [-0.2, 0) is 0 Å². The van der Waals surface area contributed by atoms with Gasteiger partial charge in [0.1, 0.15) is 0 Å². The quantitative estimate of drug-likeness (QED) is 0.534. The molecule has 2 aliphatic rings. The van der Waals surface area contributed by atoms with Crippen LogP contribution in [0.15, 0.2) is 46.6 Å². The summed E-state index contributed by atoms with van der Waals surface area (Å²) in [5.74, 6) is 0. The predicted octanol–water partition coefficient (Wildman–Crippen LogP) is 5.20. The highest BCUT2D eigenvalue weighted by molar-refractivity contribution is 5.63. The van der Waals surface area contributed by atoms with Gasteiger partial charge in [0.25, 0.3) is 0 Å².